The second kappa shape index (κ2) is 6.47. The predicted molar refractivity (Wildman–Crippen MR) is 77.3 cm³/mol. The van der Waals surface area contributed by atoms with Crippen molar-refractivity contribution >= 4 is 5.69 Å². The van der Waals surface area contributed by atoms with Crippen molar-refractivity contribution in [3.8, 4) is 0 Å². The summed E-state index contributed by atoms with van der Waals surface area (Å²) in [7, 11) is 0. The van der Waals surface area contributed by atoms with Crippen molar-refractivity contribution in [1.29, 1.82) is 0 Å². The Balaban J connectivity index is 2.18. The van der Waals surface area contributed by atoms with Gasteiger partial charge in [0.15, 0.2) is 0 Å². The molecule has 1 N–H and O–H groups in total. The van der Waals surface area contributed by atoms with Gasteiger partial charge in [-0.1, -0.05) is 13.8 Å². The van der Waals surface area contributed by atoms with Gasteiger partial charge in [0.2, 0.25) is 0 Å². The quantitative estimate of drug-likeness (QED) is 0.922. The number of hydrogen-bond acceptors (Lipinski definition) is 3. The Morgan fingerprint density at radius 1 is 1.29 bits per heavy atom. The zero-order chi connectivity index (χ0) is 15.4. The minimum Gasteiger partial charge on any atom is -0.383 e. The molecule has 0 saturated carbocycles. The molecule has 0 aliphatic rings. The summed E-state index contributed by atoms with van der Waals surface area (Å²) in [4.78, 5) is 11.9. The molecule has 112 valence electrons. The molecule has 2 aromatic rings. The maximum Gasteiger partial charge on any atom is 0.269 e. The van der Waals surface area contributed by atoms with Crippen molar-refractivity contribution in [3.05, 3.63) is 58.0 Å². The summed E-state index contributed by atoms with van der Waals surface area (Å²) < 4.78 is 27.8. The van der Waals surface area contributed by atoms with Crippen LogP contribution in [0.4, 0.5) is 14.5 Å². The lowest BCUT2D eigenvalue weighted by atomic mass is 10.2. The number of benzene rings is 1. The summed E-state index contributed by atoms with van der Waals surface area (Å²) in [6, 6.07) is 4.53. The molecule has 0 amide bonds. The van der Waals surface area contributed by atoms with Gasteiger partial charge in [-0.3, -0.25) is 4.79 Å². The van der Waals surface area contributed by atoms with E-state index in [0.29, 0.717) is 11.6 Å². The predicted octanol–water partition coefficient (Wildman–Crippen LogP) is 2.64. The zero-order valence-corrected chi connectivity index (χ0v) is 11.9. The van der Waals surface area contributed by atoms with Crippen LogP contribution in [0.15, 0.2) is 35.3 Å². The molecule has 0 bridgehead atoms. The summed E-state index contributed by atoms with van der Waals surface area (Å²) in [5.41, 5.74) is 0.338. The minimum atomic E-state index is -0.563. The molecule has 4 nitrogen and oxygen atoms in total. The van der Waals surface area contributed by atoms with Crippen LogP contribution in [0.5, 0.6) is 0 Å². The standard InChI is InChI=1S/C15H17F2N3O/c1-10(2)7-18-13-6-15(21)20(19-8-13)9-11-5-12(16)3-4-14(11)17/h3-6,8,10,18H,7,9H2,1-2H3. The van der Waals surface area contributed by atoms with Crippen LogP contribution in [-0.2, 0) is 6.54 Å². The number of halogens is 2. The summed E-state index contributed by atoms with van der Waals surface area (Å²) in [5.74, 6) is -0.671. The zero-order valence-electron chi connectivity index (χ0n) is 11.9. The van der Waals surface area contributed by atoms with Gasteiger partial charge < -0.3 is 5.32 Å². The maximum atomic E-state index is 13.6. The van der Waals surface area contributed by atoms with Gasteiger partial charge in [-0.2, -0.15) is 5.10 Å². The first-order valence-corrected chi connectivity index (χ1v) is 6.70. The lowest BCUT2D eigenvalue weighted by Crippen LogP contribution is -2.24. The molecule has 2 rings (SSSR count). The van der Waals surface area contributed by atoms with Gasteiger partial charge in [-0.05, 0) is 24.1 Å². The summed E-state index contributed by atoms with van der Waals surface area (Å²) in [6.45, 7) is 4.72. The third kappa shape index (κ3) is 4.11. The van der Waals surface area contributed by atoms with E-state index in [1.807, 2.05) is 13.8 Å². The average Bonchev–Trinajstić information content (AvgIpc) is 2.43. The maximum absolute atomic E-state index is 13.6. The van der Waals surface area contributed by atoms with E-state index < -0.39 is 11.6 Å². The Morgan fingerprint density at radius 3 is 2.71 bits per heavy atom. The fourth-order valence-corrected chi connectivity index (χ4v) is 1.80. The molecule has 0 radical (unpaired) electrons. The molecule has 1 aromatic heterocycles. The highest BCUT2D eigenvalue weighted by Gasteiger charge is 2.07. The number of hydrogen-bond donors (Lipinski definition) is 1. The van der Waals surface area contributed by atoms with Crippen molar-refractivity contribution in [2.75, 3.05) is 11.9 Å². The van der Waals surface area contributed by atoms with Gasteiger partial charge in [0.05, 0.1) is 18.4 Å². The highest BCUT2D eigenvalue weighted by atomic mass is 19.1. The molecule has 0 unspecified atom stereocenters. The fourth-order valence-electron chi connectivity index (χ4n) is 1.80. The second-order valence-corrected chi connectivity index (χ2v) is 5.25. The van der Waals surface area contributed by atoms with Crippen molar-refractivity contribution in [2.45, 2.75) is 20.4 Å². The SMILES string of the molecule is CC(C)CNc1cnn(Cc2cc(F)ccc2F)c(=O)c1. The number of nitrogens with one attached hydrogen (secondary N) is 1. The molecule has 21 heavy (non-hydrogen) atoms. The topological polar surface area (TPSA) is 46.9 Å². The number of anilines is 1. The molecule has 0 fully saturated rings. The van der Waals surface area contributed by atoms with Gasteiger partial charge in [0.25, 0.3) is 5.56 Å². The molecule has 0 saturated heterocycles. The van der Waals surface area contributed by atoms with Crippen LogP contribution in [0.25, 0.3) is 0 Å². The minimum absolute atomic E-state index is 0.0903. The van der Waals surface area contributed by atoms with E-state index in [0.717, 1.165) is 29.4 Å². The first-order valence-electron chi connectivity index (χ1n) is 6.70. The third-order valence-electron chi connectivity index (χ3n) is 2.91. The van der Waals surface area contributed by atoms with Gasteiger partial charge in [0, 0.05) is 18.2 Å². The van der Waals surface area contributed by atoms with Crippen molar-refractivity contribution in [2.24, 2.45) is 5.92 Å². The average molecular weight is 293 g/mol. The van der Waals surface area contributed by atoms with Crippen LogP contribution in [0.2, 0.25) is 0 Å². The molecule has 1 heterocycles. The Bertz CT molecular complexity index is 683. The lowest BCUT2D eigenvalue weighted by molar-refractivity contribution is 0.557. The van der Waals surface area contributed by atoms with Crippen LogP contribution >= 0.6 is 0 Å². The Hall–Kier alpha value is -2.24. The van der Waals surface area contributed by atoms with E-state index in [1.165, 1.54) is 12.3 Å². The van der Waals surface area contributed by atoms with Crippen molar-refractivity contribution in [3.63, 3.8) is 0 Å². The van der Waals surface area contributed by atoms with E-state index in [1.54, 1.807) is 0 Å². The molecular formula is C15H17F2N3O. The van der Waals surface area contributed by atoms with E-state index in [9.17, 15) is 13.6 Å². The number of nitrogens with zero attached hydrogens (tertiary/aromatic N) is 2. The number of aromatic nitrogens is 2. The first-order chi connectivity index (χ1) is 9.95. The second-order valence-electron chi connectivity index (χ2n) is 5.25. The van der Waals surface area contributed by atoms with Crippen LogP contribution in [0.3, 0.4) is 0 Å². The summed E-state index contributed by atoms with van der Waals surface area (Å²) in [5, 5.41) is 7.06. The molecule has 0 spiro atoms. The van der Waals surface area contributed by atoms with Gasteiger partial charge in [-0.15, -0.1) is 0 Å². The monoisotopic (exact) mass is 293 g/mol. The fraction of sp³-hybridized carbons (Fsp3) is 0.333. The highest BCUT2D eigenvalue weighted by Crippen LogP contribution is 2.10. The smallest absolute Gasteiger partial charge is 0.269 e. The molecule has 0 aliphatic carbocycles. The molecule has 1 aromatic carbocycles. The molecular weight excluding hydrogens is 276 g/mol. The van der Waals surface area contributed by atoms with Gasteiger partial charge in [0.1, 0.15) is 11.6 Å². The third-order valence-corrected chi connectivity index (χ3v) is 2.91. The van der Waals surface area contributed by atoms with Crippen molar-refractivity contribution < 1.29 is 8.78 Å². The summed E-state index contributed by atoms with van der Waals surface area (Å²) >= 11 is 0. The molecule has 0 atom stereocenters. The van der Waals surface area contributed by atoms with E-state index >= 15 is 0 Å². The lowest BCUT2D eigenvalue weighted by Gasteiger charge is -2.10. The first kappa shape index (κ1) is 15.2. The normalized spacial score (nSPS) is 10.9. The molecule has 6 heteroatoms. The Morgan fingerprint density at radius 2 is 2.05 bits per heavy atom. The summed E-state index contributed by atoms with van der Waals surface area (Å²) in [6.07, 6.45) is 1.50. The van der Waals surface area contributed by atoms with Crippen LogP contribution < -0.4 is 10.9 Å². The van der Waals surface area contributed by atoms with Crippen LogP contribution in [0.1, 0.15) is 19.4 Å². The highest BCUT2D eigenvalue weighted by molar-refractivity contribution is 5.38. The van der Waals surface area contributed by atoms with Gasteiger partial charge >= 0.3 is 0 Å². The molecule has 0 aliphatic heterocycles. The number of rotatable bonds is 5. The van der Waals surface area contributed by atoms with Crippen molar-refractivity contribution in [1.82, 2.24) is 9.78 Å². The van der Waals surface area contributed by atoms with Crippen LogP contribution in [-0.4, -0.2) is 16.3 Å². The Kier molecular flexibility index (Phi) is 4.67. The van der Waals surface area contributed by atoms with E-state index in [4.69, 9.17) is 0 Å². The van der Waals surface area contributed by atoms with Crippen LogP contribution in [0, 0.1) is 17.6 Å². The van der Waals surface area contributed by atoms with E-state index in [-0.39, 0.29) is 17.7 Å². The Labute approximate surface area is 121 Å². The van der Waals surface area contributed by atoms with Gasteiger partial charge in [-0.25, -0.2) is 13.5 Å². The van der Waals surface area contributed by atoms with E-state index in [2.05, 4.69) is 10.4 Å². The largest absolute Gasteiger partial charge is 0.383 e.